The van der Waals surface area contributed by atoms with Crippen LogP contribution in [0.5, 0.6) is 0 Å². The number of nitrogens with zero attached hydrogens (tertiary/aromatic N) is 2. The maximum atomic E-state index is 12.7. The lowest BCUT2D eigenvalue weighted by Gasteiger charge is -2.12. The Hall–Kier alpha value is -1.04. The molecule has 0 saturated heterocycles. The van der Waals surface area contributed by atoms with Gasteiger partial charge in [-0.1, -0.05) is 12.1 Å². The van der Waals surface area contributed by atoms with Gasteiger partial charge in [-0.3, -0.25) is 0 Å². The van der Waals surface area contributed by atoms with Crippen molar-refractivity contribution < 1.29 is 18.0 Å². The average molecular weight is 218 g/mol. The molecule has 1 aliphatic carbocycles. The lowest BCUT2D eigenvalue weighted by molar-refractivity contribution is -0.247. The predicted octanol–water partition coefficient (Wildman–Crippen LogP) is 2.47. The molecule has 0 spiro atoms. The molecular formula is C9H12F2N2O2. The number of hydrogen-bond donors (Lipinski definition) is 0. The van der Waals surface area contributed by atoms with Gasteiger partial charge in [0.15, 0.2) is 5.82 Å². The second-order valence-electron chi connectivity index (χ2n) is 3.60. The third kappa shape index (κ3) is 2.71. The van der Waals surface area contributed by atoms with Crippen LogP contribution in [0, 0.1) is 0 Å². The summed E-state index contributed by atoms with van der Waals surface area (Å²) in [7, 11) is 0. The van der Waals surface area contributed by atoms with E-state index in [0.717, 1.165) is 12.8 Å². The zero-order chi connectivity index (χ0) is 10.9. The molecule has 1 aromatic rings. The van der Waals surface area contributed by atoms with Crippen LogP contribution in [-0.4, -0.2) is 16.2 Å². The Kier molecular flexibility index (Phi) is 2.68. The van der Waals surface area contributed by atoms with Crippen LogP contribution in [0.3, 0.4) is 0 Å². The van der Waals surface area contributed by atoms with E-state index in [9.17, 15) is 8.78 Å². The Labute approximate surface area is 85.6 Å². The standard InChI is InChI=1S/C9H12F2N2O2/c1-2-9(10,11)14-5-7-12-8(15-13-7)6-3-4-6/h6H,2-5H2,1H3. The highest BCUT2D eigenvalue weighted by Crippen LogP contribution is 2.38. The van der Waals surface area contributed by atoms with Crippen molar-refractivity contribution in [2.24, 2.45) is 0 Å². The third-order valence-corrected chi connectivity index (χ3v) is 2.23. The van der Waals surface area contributed by atoms with E-state index < -0.39 is 6.11 Å². The van der Waals surface area contributed by atoms with E-state index in [0.29, 0.717) is 11.8 Å². The molecule has 1 saturated carbocycles. The van der Waals surface area contributed by atoms with Crippen molar-refractivity contribution in [3.05, 3.63) is 11.7 Å². The highest BCUT2D eigenvalue weighted by atomic mass is 19.3. The van der Waals surface area contributed by atoms with E-state index in [-0.39, 0.29) is 18.9 Å². The maximum absolute atomic E-state index is 12.7. The fourth-order valence-electron chi connectivity index (χ4n) is 1.09. The molecule has 0 bridgehead atoms. The fourth-order valence-corrected chi connectivity index (χ4v) is 1.09. The SMILES string of the molecule is CCC(F)(F)OCc1noc(C2CC2)n1. The number of ether oxygens (including phenoxy) is 1. The summed E-state index contributed by atoms with van der Waals surface area (Å²) in [4.78, 5) is 3.97. The molecule has 2 rings (SSSR count). The van der Waals surface area contributed by atoms with Crippen LogP contribution in [0.1, 0.15) is 43.8 Å². The number of hydrogen-bond acceptors (Lipinski definition) is 4. The van der Waals surface area contributed by atoms with Crippen molar-refractivity contribution in [2.45, 2.75) is 44.8 Å². The van der Waals surface area contributed by atoms with Crippen molar-refractivity contribution in [1.29, 1.82) is 0 Å². The molecule has 1 fully saturated rings. The molecule has 0 N–H and O–H groups in total. The summed E-state index contributed by atoms with van der Waals surface area (Å²) >= 11 is 0. The summed E-state index contributed by atoms with van der Waals surface area (Å²) in [6, 6.07) is 0. The second kappa shape index (κ2) is 3.84. The first-order valence-corrected chi connectivity index (χ1v) is 4.95. The van der Waals surface area contributed by atoms with Gasteiger partial charge in [0.25, 0.3) is 0 Å². The van der Waals surface area contributed by atoms with Gasteiger partial charge in [-0.05, 0) is 12.8 Å². The van der Waals surface area contributed by atoms with Crippen LogP contribution in [0.15, 0.2) is 4.52 Å². The minimum Gasteiger partial charge on any atom is -0.339 e. The summed E-state index contributed by atoms with van der Waals surface area (Å²) in [6.07, 6.45) is -1.40. The summed E-state index contributed by atoms with van der Waals surface area (Å²) in [6.45, 7) is 1.04. The van der Waals surface area contributed by atoms with Crippen LogP contribution < -0.4 is 0 Å². The number of alkyl halides is 2. The molecule has 15 heavy (non-hydrogen) atoms. The molecule has 1 heterocycles. The van der Waals surface area contributed by atoms with E-state index in [2.05, 4.69) is 14.9 Å². The molecule has 4 nitrogen and oxygen atoms in total. The molecular weight excluding hydrogens is 206 g/mol. The molecule has 0 amide bonds. The zero-order valence-corrected chi connectivity index (χ0v) is 8.37. The first-order valence-electron chi connectivity index (χ1n) is 4.95. The smallest absolute Gasteiger partial charge is 0.339 e. The van der Waals surface area contributed by atoms with Crippen molar-refractivity contribution >= 4 is 0 Å². The molecule has 1 aromatic heterocycles. The minimum atomic E-state index is -3.11. The van der Waals surface area contributed by atoms with Gasteiger partial charge in [0.05, 0.1) is 0 Å². The average Bonchev–Trinajstić information content (AvgIpc) is 2.96. The van der Waals surface area contributed by atoms with E-state index in [4.69, 9.17) is 4.52 Å². The van der Waals surface area contributed by atoms with Gasteiger partial charge in [-0.15, -0.1) is 0 Å². The first-order chi connectivity index (χ1) is 7.11. The molecule has 84 valence electrons. The van der Waals surface area contributed by atoms with Crippen molar-refractivity contribution in [1.82, 2.24) is 10.1 Å². The molecule has 6 heteroatoms. The van der Waals surface area contributed by atoms with E-state index >= 15 is 0 Å². The van der Waals surface area contributed by atoms with Gasteiger partial charge in [-0.2, -0.15) is 13.8 Å². The third-order valence-electron chi connectivity index (χ3n) is 2.23. The maximum Gasteiger partial charge on any atom is 0.355 e. The summed E-state index contributed by atoms with van der Waals surface area (Å²) in [5.41, 5.74) is 0. The topological polar surface area (TPSA) is 48.2 Å². The molecule has 0 unspecified atom stereocenters. The molecule has 0 aliphatic heterocycles. The van der Waals surface area contributed by atoms with Gasteiger partial charge in [-0.25, -0.2) is 0 Å². The largest absolute Gasteiger partial charge is 0.355 e. The second-order valence-corrected chi connectivity index (χ2v) is 3.60. The lowest BCUT2D eigenvalue weighted by Crippen LogP contribution is -2.19. The van der Waals surface area contributed by atoms with Gasteiger partial charge >= 0.3 is 6.11 Å². The first kappa shape index (κ1) is 10.5. The fraction of sp³-hybridized carbons (Fsp3) is 0.778. The van der Waals surface area contributed by atoms with Crippen LogP contribution >= 0.6 is 0 Å². The molecule has 0 radical (unpaired) electrons. The quantitative estimate of drug-likeness (QED) is 0.761. The lowest BCUT2D eigenvalue weighted by atomic mass is 10.4. The monoisotopic (exact) mass is 218 g/mol. The Morgan fingerprint density at radius 3 is 2.87 bits per heavy atom. The number of rotatable bonds is 5. The number of aromatic nitrogens is 2. The van der Waals surface area contributed by atoms with Gasteiger partial charge in [0.2, 0.25) is 5.89 Å². The van der Waals surface area contributed by atoms with Crippen molar-refractivity contribution in [3.63, 3.8) is 0 Å². The molecule has 0 aromatic carbocycles. The summed E-state index contributed by atoms with van der Waals surface area (Å²) < 4.78 is 34.7. The molecule has 1 aliphatic rings. The molecule has 0 atom stereocenters. The number of halogens is 2. The van der Waals surface area contributed by atoms with E-state index in [1.807, 2.05) is 0 Å². The minimum absolute atomic E-state index is 0.185. The van der Waals surface area contributed by atoms with Gasteiger partial charge in [0, 0.05) is 12.3 Å². The van der Waals surface area contributed by atoms with Crippen LogP contribution in [0.25, 0.3) is 0 Å². The Morgan fingerprint density at radius 2 is 2.27 bits per heavy atom. The van der Waals surface area contributed by atoms with Crippen LogP contribution in [0.2, 0.25) is 0 Å². The zero-order valence-electron chi connectivity index (χ0n) is 8.37. The summed E-state index contributed by atoms with van der Waals surface area (Å²) in [5, 5.41) is 3.57. The van der Waals surface area contributed by atoms with Crippen LogP contribution in [0.4, 0.5) is 8.78 Å². The Morgan fingerprint density at radius 1 is 1.53 bits per heavy atom. The van der Waals surface area contributed by atoms with Gasteiger partial charge in [0.1, 0.15) is 6.61 Å². The van der Waals surface area contributed by atoms with Crippen molar-refractivity contribution in [3.8, 4) is 0 Å². The predicted molar refractivity (Wildman–Crippen MR) is 46.3 cm³/mol. The van der Waals surface area contributed by atoms with E-state index in [1.54, 1.807) is 0 Å². The van der Waals surface area contributed by atoms with E-state index in [1.165, 1.54) is 6.92 Å². The van der Waals surface area contributed by atoms with Gasteiger partial charge < -0.3 is 9.26 Å². The normalized spacial score (nSPS) is 17.0. The van der Waals surface area contributed by atoms with Crippen molar-refractivity contribution in [2.75, 3.05) is 0 Å². The Bertz CT molecular complexity index is 337. The highest BCUT2D eigenvalue weighted by Gasteiger charge is 2.31. The van der Waals surface area contributed by atoms with Crippen LogP contribution in [-0.2, 0) is 11.3 Å². The summed E-state index contributed by atoms with van der Waals surface area (Å²) in [5.74, 6) is 1.05. The Balaban J connectivity index is 1.87. The highest BCUT2D eigenvalue weighted by molar-refractivity contribution is 5.01.